The van der Waals surface area contributed by atoms with E-state index in [0.717, 1.165) is 9.80 Å². The van der Waals surface area contributed by atoms with E-state index >= 15 is 0 Å². The van der Waals surface area contributed by atoms with E-state index in [1.807, 2.05) is 0 Å². The number of nitrogens with zero attached hydrogens (tertiary/aromatic N) is 4. The molecule has 0 spiro atoms. The van der Waals surface area contributed by atoms with Gasteiger partial charge >= 0.3 is 0 Å². The van der Waals surface area contributed by atoms with E-state index in [9.17, 15) is 19.2 Å². The first-order valence-electron chi connectivity index (χ1n) is 9.55. The number of amides is 4. The molecule has 9 nitrogen and oxygen atoms in total. The van der Waals surface area contributed by atoms with Crippen LogP contribution in [0.25, 0.3) is 0 Å². The van der Waals surface area contributed by atoms with Crippen molar-refractivity contribution >= 4 is 56.6 Å². The molecule has 160 valence electrons. The largest absolute Gasteiger partial charge is 0.457 e. The van der Waals surface area contributed by atoms with E-state index in [4.69, 9.17) is 4.74 Å². The molecule has 2 aliphatic rings. The van der Waals surface area contributed by atoms with Gasteiger partial charge in [0.15, 0.2) is 10.3 Å². The molecule has 0 bridgehead atoms. The molecule has 0 aliphatic carbocycles. The second kappa shape index (κ2) is 7.15. The minimum absolute atomic E-state index is 0.204. The molecule has 2 aliphatic heterocycles. The Kier molecular flexibility index (Phi) is 4.22. The minimum atomic E-state index is -0.482. The van der Waals surface area contributed by atoms with Crippen LogP contribution < -0.4 is 14.5 Å². The molecule has 4 amide bonds. The molecule has 4 heterocycles. The topological polar surface area (TPSA) is 110 Å². The number of ether oxygens (including phenoxy) is 1. The van der Waals surface area contributed by atoms with Crippen LogP contribution in [-0.2, 0) is 0 Å². The van der Waals surface area contributed by atoms with Gasteiger partial charge in [0.1, 0.15) is 11.5 Å². The maximum absolute atomic E-state index is 12.8. The van der Waals surface area contributed by atoms with Crippen LogP contribution in [0.5, 0.6) is 11.5 Å². The second-order valence-corrected chi connectivity index (χ2v) is 8.78. The molecular formula is C22H10N4O5S2. The van der Waals surface area contributed by atoms with Crippen molar-refractivity contribution in [3.63, 3.8) is 0 Å². The van der Waals surface area contributed by atoms with Gasteiger partial charge in [-0.05, 0) is 36.4 Å². The van der Waals surface area contributed by atoms with Crippen molar-refractivity contribution in [3.05, 3.63) is 81.8 Å². The lowest BCUT2D eigenvalue weighted by molar-refractivity contribution is 0.0910. The number of hydrogen-bond donors (Lipinski definition) is 0. The van der Waals surface area contributed by atoms with Crippen LogP contribution in [0.15, 0.2) is 59.6 Å². The highest BCUT2D eigenvalue weighted by molar-refractivity contribution is 7.14. The normalized spacial score (nSPS) is 14.8. The van der Waals surface area contributed by atoms with Gasteiger partial charge in [-0.1, -0.05) is 0 Å². The predicted molar refractivity (Wildman–Crippen MR) is 119 cm³/mol. The fraction of sp³-hybridized carbons (Fsp3) is 0. The molecule has 0 saturated carbocycles. The van der Waals surface area contributed by atoms with Crippen LogP contribution in [0.2, 0.25) is 0 Å². The smallest absolute Gasteiger partial charge is 0.268 e. The van der Waals surface area contributed by atoms with Gasteiger partial charge in [-0.15, -0.1) is 22.7 Å². The molecule has 0 fully saturated rings. The van der Waals surface area contributed by atoms with Gasteiger partial charge in [0, 0.05) is 23.2 Å². The van der Waals surface area contributed by atoms with E-state index in [-0.39, 0.29) is 22.3 Å². The summed E-state index contributed by atoms with van der Waals surface area (Å²) in [4.78, 5) is 61.1. The van der Waals surface area contributed by atoms with Crippen molar-refractivity contribution in [1.82, 2.24) is 9.97 Å². The average Bonchev–Trinajstić information content (AvgIpc) is 3.59. The van der Waals surface area contributed by atoms with E-state index in [1.54, 1.807) is 22.9 Å². The highest BCUT2D eigenvalue weighted by Crippen LogP contribution is 2.35. The third-order valence-corrected chi connectivity index (χ3v) is 6.69. The molecule has 2 aromatic carbocycles. The number of benzene rings is 2. The number of aromatic nitrogens is 2. The Labute approximate surface area is 193 Å². The summed E-state index contributed by atoms with van der Waals surface area (Å²) in [6, 6.07) is 9.13. The maximum atomic E-state index is 12.8. The van der Waals surface area contributed by atoms with Crippen LogP contribution >= 0.6 is 22.7 Å². The summed E-state index contributed by atoms with van der Waals surface area (Å²) in [5.74, 6) is -1.23. The molecule has 0 unspecified atom stereocenters. The number of carbonyl (C=O) groups is 4. The average molecular weight is 474 g/mol. The van der Waals surface area contributed by atoms with Crippen LogP contribution in [0, 0.1) is 0 Å². The van der Waals surface area contributed by atoms with Crippen molar-refractivity contribution in [3.8, 4) is 11.5 Å². The monoisotopic (exact) mass is 474 g/mol. The van der Waals surface area contributed by atoms with E-state index in [2.05, 4.69) is 9.97 Å². The summed E-state index contributed by atoms with van der Waals surface area (Å²) >= 11 is 2.38. The Balaban J connectivity index is 1.29. The minimum Gasteiger partial charge on any atom is -0.457 e. The standard InChI is InChI=1S/C22H10N4O5S2/c27-17-13-3-1-11(9-15(13)19(29)25(17)21-23-5-7-32-21)31-12-2-4-14-16(10-12)20(30)26(18(14)28)22-24-6-8-33-22/h1-10H. The van der Waals surface area contributed by atoms with Crippen LogP contribution in [0.4, 0.5) is 10.3 Å². The first-order chi connectivity index (χ1) is 16.0. The van der Waals surface area contributed by atoms with E-state index < -0.39 is 23.6 Å². The first-order valence-corrected chi connectivity index (χ1v) is 11.3. The number of hydrogen-bond acceptors (Lipinski definition) is 9. The SMILES string of the molecule is O=C1c2ccc(Oc3ccc4c(c3)C(=O)N(c3nccs3)C4=O)cc2C(=O)N1c1nccs1. The van der Waals surface area contributed by atoms with Gasteiger partial charge in [-0.25, -0.2) is 19.8 Å². The predicted octanol–water partition coefficient (Wildman–Crippen LogP) is 3.99. The number of rotatable bonds is 4. The molecular weight excluding hydrogens is 464 g/mol. The molecule has 11 heteroatoms. The summed E-state index contributed by atoms with van der Waals surface area (Å²) in [7, 11) is 0. The molecule has 0 N–H and O–H groups in total. The van der Waals surface area contributed by atoms with Crippen molar-refractivity contribution in [2.45, 2.75) is 0 Å². The number of imide groups is 2. The lowest BCUT2D eigenvalue weighted by Gasteiger charge is -2.08. The molecule has 6 rings (SSSR count). The maximum Gasteiger partial charge on any atom is 0.268 e. The van der Waals surface area contributed by atoms with Gasteiger partial charge in [0.25, 0.3) is 23.6 Å². The third kappa shape index (κ3) is 2.90. The van der Waals surface area contributed by atoms with Gasteiger partial charge in [0.05, 0.1) is 22.3 Å². The van der Waals surface area contributed by atoms with Crippen molar-refractivity contribution in [2.24, 2.45) is 0 Å². The highest BCUT2D eigenvalue weighted by atomic mass is 32.1. The Morgan fingerprint density at radius 3 is 1.42 bits per heavy atom. The van der Waals surface area contributed by atoms with E-state index in [0.29, 0.717) is 21.8 Å². The fourth-order valence-electron chi connectivity index (χ4n) is 3.70. The summed E-state index contributed by atoms with van der Waals surface area (Å²) < 4.78 is 5.86. The van der Waals surface area contributed by atoms with Gasteiger partial charge < -0.3 is 4.74 Å². The molecule has 4 aromatic rings. The Morgan fingerprint density at radius 1 is 0.606 bits per heavy atom. The van der Waals surface area contributed by atoms with Crippen LogP contribution in [0.1, 0.15) is 41.4 Å². The number of anilines is 2. The fourth-order valence-corrected chi connectivity index (χ4v) is 4.98. The van der Waals surface area contributed by atoms with Gasteiger partial charge in [-0.2, -0.15) is 0 Å². The summed E-state index contributed by atoms with van der Waals surface area (Å²) in [6.07, 6.45) is 3.04. The van der Waals surface area contributed by atoms with Crippen LogP contribution in [-0.4, -0.2) is 33.6 Å². The van der Waals surface area contributed by atoms with Crippen molar-refractivity contribution < 1.29 is 23.9 Å². The summed E-state index contributed by atoms with van der Waals surface area (Å²) in [5.41, 5.74) is 0.929. The lowest BCUT2D eigenvalue weighted by Crippen LogP contribution is -2.29. The molecule has 33 heavy (non-hydrogen) atoms. The quantitative estimate of drug-likeness (QED) is 0.411. The number of thiazole rings is 2. The van der Waals surface area contributed by atoms with Gasteiger partial charge in [0.2, 0.25) is 0 Å². The summed E-state index contributed by atoms with van der Waals surface area (Å²) in [6.45, 7) is 0. The van der Waals surface area contributed by atoms with Crippen molar-refractivity contribution in [1.29, 1.82) is 0 Å². The molecule has 0 radical (unpaired) electrons. The van der Waals surface area contributed by atoms with Gasteiger partial charge in [-0.3, -0.25) is 19.2 Å². The zero-order chi connectivity index (χ0) is 22.7. The third-order valence-electron chi connectivity index (χ3n) is 5.17. The molecule has 2 aromatic heterocycles. The second-order valence-electron chi connectivity index (χ2n) is 7.04. The van der Waals surface area contributed by atoms with Crippen molar-refractivity contribution in [2.75, 3.05) is 9.80 Å². The lowest BCUT2D eigenvalue weighted by atomic mass is 10.1. The Bertz CT molecular complexity index is 1370. The molecule has 0 atom stereocenters. The zero-order valence-electron chi connectivity index (χ0n) is 16.4. The van der Waals surface area contributed by atoms with E-state index in [1.165, 1.54) is 59.3 Å². The molecule has 0 saturated heterocycles. The summed E-state index contributed by atoms with van der Waals surface area (Å²) in [5, 5.41) is 3.97. The Hall–Kier alpha value is -4.22. The Morgan fingerprint density at radius 2 is 1.03 bits per heavy atom. The highest BCUT2D eigenvalue weighted by Gasteiger charge is 2.39. The first kappa shape index (κ1) is 19.5. The van der Waals surface area contributed by atoms with Crippen LogP contribution in [0.3, 0.4) is 0 Å². The number of carbonyl (C=O) groups excluding carboxylic acids is 4. The number of fused-ring (bicyclic) bond motifs is 2. The zero-order valence-corrected chi connectivity index (χ0v) is 18.1.